The minimum absolute atomic E-state index is 0. The first-order valence-electron chi connectivity index (χ1n) is 5.87. The number of hydrogen-bond donors (Lipinski definition) is 3. The summed E-state index contributed by atoms with van der Waals surface area (Å²) in [6.07, 6.45) is 0. The van der Waals surface area contributed by atoms with Gasteiger partial charge in [0.1, 0.15) is 0 Å². The molecule has 0 bridgehead atoms. The second-order valence-corrected chi connectivity index (χ2v) is 4.64. The van der Waals surface area contributed by atoms with Crippen LogP contribution in [0.25, 0.3) is 0 Å². The van der Waals surface area contributed by atoms with E-state index in [2.05, 4.69) is 4.74 Å². The lowest BCUT2D eigenvalue weighted by Gasteiger charge is -2.10. The lowest BCUT2D eigenvalue weighted by Crippen LogP contribution is -2.30. The Morgan fingerprint density at radius 1 is 1.10 bits per heavy atom. The third-order valence-electron chi connectivity index (χ3n) is 3.28. The molecule has 1 aliphatic heterocycles. The van der Waals surface area contributed by atoms with Gasteiger partial charge in [0.2, 0.25) is 5.91 Å². The smallest absolute Gasteiger partial charge is 0.317 e. The Hall–Kier alpha value is -2.00. The van der Waals surface area contributed by atoms with Crippen LogP contribution in [0, 0.1) is 23.7 Å². The Labute approximate surface area is 122 Å². The van der Waals surface area contributed by atoms with E-state index in [4.69, 9.17) is 10.8 Å². The van der Waals surface area contributed by atoms with E-state index >= 15 is 0 Å². The van der Waals surface area contributed by atoms with Crippen molar-refractivity contribution in [3.8, 4) is 0 Å². The first kappa shape index (κ1) is 24.0. The van der Waals surface area contributed by atoms with Crippen molar-refractivity contribution in [2.75, 3.05) is 0 Å². The van der Waals surface area contributed by atoms with Crippen LogP contribution in [-0.2, 0) is 23.9 Å². The van der Waals surface area contributed by atoms with Crippen LogP contribution >= 0.6 is 0 Å². The fourth-order valence-electron chi connectivity index (χ4n) is 1.15. The predicted octanol–water partition coefficient (Wildman–Crippen LogP) is -0.492. The number of amides is 1. The first-order chi connectivity index (χ1) is 8.59. The average molecular weight is 308 g/mol. The molecular weight excluding hydrogens is 284 g/mol. The van der Waals surface area contributed by atoms with Crippen LogP contribution in [0.15, 0.2) is 0 Å². The third kappa shape index (κ3) is 6.82. The lowest BCUT2D eigenvalue weighted by molar-refractivity contribution is -0.153. The number of aliphatic carboxylic acids is 1. The van der Waals surface area contributed by atoms with Crippen molar-refractivity contribution in [1.82, 2.24) is 6.15 Å². The number of nitrogens with two attached hydrogens (primary N) is 1. The van der Waals surface area contributed by atoms with E-state index in [1.807, 2.05) is 0 Å². The summed E-state index contributed by atoms with van der Waals surface area (Å²) in [5.41, 5.74) is 4.87. The highest BCUT2D eigenvalue weighted by atomic mass is 16.6. The molecule has 4 atom stereocenters. The zero-order valence-corrected chi connectivity index (χ0v) is 12.6. The molecule has 1 aliphatic rings. The van der Waals surface area contributed by atoms with Gasteiger partial charge >= 0.3 is 17.9 Å². The molecule has 0 aromatic rings. The molecule has 124 valence electrons. The molecule has 9 heteroatoms. The van der Waals surface area contributed by atoms with E-state index in [1.165, 1.54) is 13.8 Å². The lowest BCUT2D eigenvalue weighted by atomic mass is 9.96. The molecule has 8 N–H and O–H groups in total. The van der Waals surface area contributed by atoms with Gasteiger partial charge in [-0.2, -0.15) is 0 Å². The number of carboxylic acids is 1. The van der Waals surface area contributed by atoms with Gasteiger partial charge in [0.25, 0.3) is 0 Å². The quantitative estimate of drug-likeness (QED) is 0.462. The largest absolute Gasteiger partial charge is 0.481 e. The first-order valence-corrected chi connectivity index (χ1v) is 5.87. The molecule has 21 heavy (non-hydrogen) atoms. The van der Waals surface area contributed by atoms with Crippen molar-refractivity contribution in [2.45, 2.75) is 27.7 Å². The number of hydrogen-bond acceptors (Lipinski definition) is 6. The number of carbonyl (C=O) groups excluding carboxylic acids is 3. The van der Waals surface area contributed by atoms with Crippen LogP contribution in [0.3, 0.4) is 0 Å². The van der Waals surface area contributed by atoms with E-state index < -0.39 is 35.7 Å². The van der Waals surface area contributed by atoms with Crippen molar-refractivity contribution in [1.29, 1.82) is 0 Å². The van der Waals surface area contributed by atoms with Crippen molar-refractivity contribution >= 4 is 23.8 Å². The van der Waals surface area contributed by atoms with Gasteiger partial charge < -0.3 is 27.2 Å². The van der Waals surface area contributed by atoms with Gasteiger partial charge in [0, 0.05) is 5.92 Å². The van der Waals surface area contributed by atoms with Crippen molar-refractivity contribution in [3.05, 3.63) is 0 Å². The van der Waals surface area contributed by atoms with E-state index in [-0.39, 0.29) is 23.5 Å². The summed E-state index contributed by atoms with van der Waals surface area (Å²) in [4.78, 5) is 41.7. The van der Waals surface area contributed by atoms with Gasteiger partial charge in [-0.15, -0.1) is 0 Å². The number of primary amides is 1. The van der Waals surface area contributed by atoms with Crippen molar-refractivity contribution in [2.24, 2.45) is 29.4 Å². The monoisotopic (exact) mass is 308 g/mol. The number of ether oxygens (including phenoxy) is 1. The van der Waals surface area contributed by atoms with Crippen LogP contribution in [0.1, 0.15) is 27.7 Å². The molecular formula is C12H24N2O7. The van der Waals surface area contributed by atoms with Gasteiger partial charge in [-0.1, -0.05) is 27.7 Å². The standard InChI is InChI=1S/C6H11NO3.C6H8O3.H3N.H2O/c1-3(5(7)8)4(2)6(9)10;1-3-4(2)6(8)9-5(3)7;;/h3-4H,1-2H3,(H2,7,8)(H,9,10);3-4H,1-2H3;1H3;1H2. The summed E-state index contributed by atoms with van der Waals surface area (Å²) < 4.78 is 4.31. The fraction of sp³-hybridized carbons (Fsp3) is 0.667. The maximum absolute atomic E-state index is 10.6. The Bertz CT molecular complexity index is 361. The highest BCUT2D eigenvalue weighted by Gasteiger charge is 2.37. The SMILES string of the molecule is CC(C(N)=O)C(C)C(=O)O.CC1C(=O)OC(=O)C1C.N.O. The number of cyclic esters (lactones) is 2. The number of esters is 2. The van der Waals surface area contributed by atoms with Crippen LogP contribution in [-0.4, -0.2) is 34.4 Å². The maximum Gasteiger partial charge on any atom is 0.317 e. The molecule has 1 fully saturated rings. The van der Waals surface area contributed by atoms with Gasteiger partial charge in [-0.25, -0.2) is 0 Å². The third-order valence-corrected chi connectivity index (χ3v) is 3.28. The van der Waals surface area contributed by atoms with Gasteiger partial charge in [-0.3, -0.25) is 19.2 Å². The molecule has 1 heterocycles. The van der Waals surface area contributed by atoms with E-state index in [0.29, 0.717) is 0 Å². The molecule has 0 radical (unpaired) electrons. The zero-order valence-electron chi connectivity index (χ0n) is 12.6. The molecule has 0 saturated carbocycles. The summed E-state index contributed by atoms with van der Waals surface area (Å²) in [5.74, 6) is -4.16. The second-order valence-electron chi connectivity index (χ2n) is 4.64. The number of carboxylic acid groups (broad SMARTS) is 1. The summed E-state index contributed by atoms with van der Waals surface area (Å²) in [6, 6.07) is 0. The Balaban J connectivity index is -0.000000282. The van der Waals surface area contributed by atoms with E-state index in [9.17, 15) is 19.2 Å². The van der Waals surface area contributed by atoms with Crippen LogP contribution in [0.4, 0.5) is 0 Å². The number of rotatable bonds is 3. The minimum atomic E-state index is -0.994. The van der Waals surface area contributed by atoms with Gasteiger partial charge in [-0.05, 0) is 0 Å². The molecule has 0 spiro atoms. The molecule has 0 aromatic heterocycles. The molecule has 0 aromatic carbocycles. The highest BCUT2D eigenvalue weighted by Crippen LogP contribution is 2.21. The molecule has 1 saturated heterocycles. The average Bonchev–Trinajstić information content (AvgIpc) is 2.55. The van der Waals surface area contributed by atoms with Gasteiger partial charge in [0.05, 0.1) is 17.8 Å². The molecule has 9 nitrogen and oxygen atoms in total. The topological polar surface area (TPSA) is 190 Å². The van der Waals surface area contributed by atoms with Crippen LogP contribution < -0.4 is 11.9 Å². The van der Waals surface area contributed by atoms with E-state index in [0.717, 1.165) is 0 Å². The molecule has 0 aliphatic carbocycles. The van der Waals surface area contributed by atoms with E-state index in [1.54, 1.807) is 13.8 Å². The summed E-state index contributed by atoms with van der Waals surface area (Å²) in [6.45, 7) is 6.34. The van der Waals surface area contributed by atoms with Crippen molar-refractivity contribution in [3.63, 3.8) is 0 Å². The molecule has 1 amide bonds. The fourth-order valence-corrected chi connectivity index (χ4v) is 1.15. The Kier molecular flexibility index (Phi) is 11.3. The zero-order chi connectivity index (χ0) is 15.3. The van der Waals surface area contributed by atoms with Crippen LogP contribution in [0.5, 0.6) is 0 Å². The Morgan fingerprint density at radius 3 is 1.52 bits per heavy atom. The molecule has 1 rings (SSSR count). The van der Waals surface area contributed by atoms with Crippen molar-refractivity contribution < 1.29 is 34.5 Å². The normalized spacial score (nSPS) is 22.5. The number of carbonyl (C=O) groups is 4. The van der Waals surface area contributed by atoms with Gasteiger partial charge in [0.15, 0.2) is 0 Å². The summed E-state index contributed by atoms with van der Waals surface area (Å²) in [7, 11) is 0. The maximum atomic E-state index is 10.6. The summed E-state index contributed by atoms with van der Waals surface area (Å²) in [5, 5.41) is 8.39. The molecule has 4 unspecified atom stereocenters. The van der Waals surface area contributed by atoms with Crippen LogP contribution in [0.2, 0.25) is 0 Å². The second kappa shape index (κ2) is 9.83. The minimum Gasteiger partial charge on any atom is -0.481 e. The summed E-state index contributed by atoms with van der Waals surface area (Å²) >= 11 is 0. The Morgan fingerprint density at radius 2 is 1.43 bits per heavy atom. The predicted molar refractivity (Wildman–Crippen MR) is 73.2 cm³/mol. The highest BCUT2D eigenvalue weighted by molar-refractivity contribution is 5.95.